The van der Waals surface area contributed by atoms with Gasteiger partial charge >= 0.3 is 0 Å². The summed E-state index contributed by atoms with van der Waals surface area (Å²) in [5, 5.41) is 5.62. The van der Waals surface area contributed by atoms with Crippen molar-refractivity contribution in [2.24, 2.45) is 5.92 Å². The predicted molar refractivity (Wildman–Crippen MR) is 107 cm³/mol. The fourth-order valence-electron chi connectivity index (χ4n) is 4.40. The second-order valence-corrected chi connectivity index (χ2v) is 7.92. The first-order valence-electron chi connectivity index (χ1n) is 10.3. The van der Waals surface area contributed by atoms with Crippen LogP contribution >= 0.6 is 0 Å². The zero-order chi connectivity index (χ0) is 20.5. The number of carbonyl (C=O) groups excluding carboxylic acids is 4. The second kappa shape index (κ2) is 7.94. The molecule has 3 heterocycles. The van der Waals surface area contributed by atoms with Gasteiger partial charge in [0.05, 0.1) is 11.1 Å². The van der Waals surface area contributed by atoms with Crippen molar-refractivity contribution in [1.29, 1.82) is 0 Å². The summed E-state index contributed by atoms with van der Waals surface area (Å²) in [5.41, 5.74) is 1.59. The Morgan fingerprint density at radius 2 is 1.76 bits per heavy atom. The van der Waals surface area contributed by atoms with Crippen LogP contribution in [0.3, 0.4) is 0 Å². The van der Waals surface area contributed by atoms with Gasteiger partial charge in [-0.2, -0.15) is 0 Å². The molecule has 0 aliphatic carbocycles. The van der Waals surface area contributed by atoms with Crippen molar-refractivity contribution in [1.82, 2.24) is 15.5 Å². The number of imide groups is 2. The first kappa shape index (κ1) is 19.6. The first-order chi connectivity index (χ1) is 14.0. The second-order valence-electron chi connectivity index (χ2n) is 7.92. The minimum Gasteiger partial charge on any atom is -0.371 e. The molecule has 0 spiro atoms. The van der Waals surface area contributed by atoms with Crippen molar-refractivity contribution >= 4 is 29.3 Å². The van der Waals surface area contributed by atoms with Crippen LogP contribution in [-0.2, 0) is 9.59 Å². The van der Waals surface area contributed by atoms with Gasteiger partial charge in [-0.1, -0.05) is 6.92 Å². The van der Waals surface area contributed by atoms with E-state index in [0.29, 0.717) is 17.0 Å². The van der Waals surface area contributed by atoms with E-state index in [1.807, 2.05) is 6.07 Å². The Bertz CT molecular complexity index is 860. The highest BCUT2D eigenvalue weighted by molar-refractivity contribution is 6.23. The van der Waals surface area contributed by atoms with E-state index in [-0.39, 0.29) is 18.7 Å². The molecule has 3 aliphatic heterocycles. The smallest absolute Gasteiger partial charge is 0.262 e. The summed E-state index contributed by atoms with van der Waals surface area (Å²) < 4.78 is 0. The molecule has 8 heteroatoms. The number of carbonyl (C=O) groups is 4. The molecule has 1 aromatic rings. The number of benzene rings is 1. The van der Waals surface area contributed by atoms with Gasteiger partial charge < -0.3 is 10.2 Å². The van der Waals surface area contributed by atoms with Crippen molar-refractivity contribution in [3.8, 4) is 0 Å². The molecular formula is C21H26N4O4. The Hall–Kier alpha value is -2.74. The Kier molecular flexibility index (Phi) is 5.36. The fraction of sp³-hybridized carbons (Fsp3) is 0.524. The van der Waals surface area contributed by atoms with Crippen LogP contribution in [0.4, 0.5) is 5.69 Å². The van der Waals surface area contributed by atoms with Gasteiger partial charge in [0.2, 0.25) is 11.8 Å². The lowest BCUT2D eigenvalue weighted by molar-refractivity contribution is -0.136. The molecule has 2 fully saturated rings. The van der Waals surface area contributed by atoms with Crippen LogP contribution in [-0.4, -0.2) is 60.7 Å². The lowest BCUT2D eigenvalue weighted by Gasteiger charge is -2.34. The van der Waals surface area contributed by atoms with Crippen LogP contribution in [0.2, 0.25) is 0 Å². The minimum absolute atomic E-state index is 0.122. The highest BCUT2D eigenvalue weighted by Crippen LogP contribution is 2.32. The lowest BCUT2D eigenvalue weighted by atomic mass is 9.96. The van der Waals surface area contributed by atoms with Gasteiger partial charge in [-0.3, -0.25) is 29.4 Å². The first-order valence-corrected chi connectivity index (χ1v) is 10.3. The number of anilines is 1. The number of nitrogens with one attached hydrogen (secondary N) is 2. The van der Waals surface area contributed by atoms with Crippen LogP contribution in [0.15, 0.2) is 18.2 Å². The third-order valence-electron chi connectivity index (χ3n) is 6.09. The van der Waals surface area contributed by atoms with Gasteiger partial charge in [-0.25, -0.2) is 0 Å². The van der Waals surface area contributed by atoms with Crippen LogP contribution in [0.25, 0.3) is 0 Å². The standard InChI is InChI=1S/C21H26N4O4/c1-2-22-12-13-7-9-24(10-8-13)14-3-4-15-16(11-14)21(29)25(20(15)28)17-5-6-18(26)23-19(17)27/h3-4,11,13,17,22H,2,5-10,12H2,1H3,(H,23,26,27). The van der Waals surface area contributed by atoms with Crippen LogP contribution in [0, 0.1) is 5.92 Å². The van der Waals surface area contributed by atoms with Gasteiger partial charge in [-0.15, -0.1) is 0 Å². The number of fused-ring (bicyclic) bond motifs is 1. The molecule has 0 saturated carbocycles. The Labute approximate surface area is 169 Å². The maximum atomic E-state index is 13.0. The van der Waals surface area contributed by atoms with E-state index in [1.165, 1.54) is 0 Å². The van der Waals surface area contributed by atoms with E-state index in [2.05, 4.69) is 22.5 Å². The van der Waals surface area contributed by atoms with Gasteiger partial charge in [-0.05, 0) is 56.5 Å². The average molecular weight is 398 g/mol. The molecule has 4 rings (SSSR count). The van der Waals surface area contributed by atoms with E-state index in [0.717, 1.165) is 49.6 Å². The summed E-state index contributed by atoms with van der Waals surface area (Å²) in [6, 6.07) is 4.40. The summed E-state index contributed by atoms with van der Waals surface area (Å²) in [5.74, 6) is -1.22. The largest absolute Gasteiger partial charge is 0.371 e. The van der Waals surface area contributed by atoms with Crippen LogP contribution in [0.1, 0.15) is 53.3 Å². The molecule has 0 bridgehead atoms. The van der Waals surface area contributed by atoms with Crippen LogP contribution < -0.4 is 15.5 Å². The maximum absolute atomic E-state index is 13.0. The summed E-state index contributed by atoms with van der Waals surface area (Å²) in [6.45, 7) is 5.94. The molecule has 2 N–H and O–H groups in total. The average Bonchev–Trinajstić information content (AvgIpc) is 2.97. The molecule has 2 saturated heterocycles. The van der Waals surface area contributed by atoms with E-state index in [9.17, 15) is 19.2 Å². The third-order valence-corrected chi connectivity index (χ3v) is 6.09. The maximum Gasteiger partial charge on any atom is 0.262 e. The number of piperidine rings is 2. The molecule has 8 nitrogen and oxygen atoms in total. The number of hydrogen-bond donors (Lipinski definition) is 2. The van der Waals surface area contributed by atoms with Gasteiger partial charge in [0.25, 0.3) is 11.8 Å². The molecule has 29 heavy (non-hydrogen) atoms. The zero-order valence-electron chi connectivity index (χ0n) is 16.6. The van der Waals surface area contributed by atoms with Gasteiger partial charge in [0.15, 0.2) is 0 Å². The monoisotopic (exact) mass is 398 g/mol. The molecule has 4 amide bonds. The SMILES string of the molecule is CCNCC1CCN(c2ccc3c(c2)C(=O)N(C2CCC(=O)NC2=O)C3=O)CC1. The molecule has 1 aromatic carbocycles. The van der Waals surface area contributed by atoms with Crippen molar-refractivity contribution in [3.05, 3.63) is 29.3 Å². The summed E-state index contributed by atoms with van der Waals surface area (Å²) >= 11 is 0. The number of hydrogen-bond acceptors (Lipinski definition) is 6. The van der Waals surface area contributed by atoms with Crippen LogP contribution in [0.5, 0.6) is 0 Å². The van der Waals surface area contributed by atoms with Gasteiger partial charge in [0, 0.05) is 25.2 Å². The quantitative estimate of drug-likeness (QED) is 0.716. The number of amides is 4. The Morgan fingerprint density at radius 3 is 2.45 bits per heavy atom. The van der Waals surface area contributed by atoms with E-state index in [4.69, 9.17) is 0 Å². The third kappa shape index (κ3) is 3.64. The molecular weight excluding hydrogens is 372 g/mol. The van der Waals surface area contributed by atoms with Crippen molar-refractivity contribution in [2.45, 2.75) is 38.6 Å². The van der Waals surface area contributed by atoms with Crippen molar-refractivity contribution in [3.63, 3.8) is 0 Å². The van der Waals surface area contributed by atoms with E-state index < -0.39 is 23.8 Å². The molecule has 0 aromatic heterocycles. The van der Waals surface area contributed by atoms with Crippen molar-refractivity contribution < 1.29 is 19.2 Å². The highest BCUT2D eigenvalue weighted by Gasteiger charge is 2.44. The molecule has 3 aliphatic rings. The zero-order valence-corrected chi connectivity index (χ0v) is 16.6. The Balaban J connectivity index is 1.49. The van der Waals surface area contributed by atoms with E-state index >= 15 is 0 Å². The van der Waals surface area contributed by atoms with E-state index in [1.54, 1.807) is 12.1 Å². The lowest BCUT2D eigenvalue weighted by Crippen LogP contribution is -2.54. The summed E-state index contributed by atoms with van der Waals surface area (Å²) in [4.78, 5) is 52.5. The molecule has 1 unspecified atom stereocenters. The minimum atomic E-state index is -0.926. The summed E-state index contributed by atoms with van der Waals surface area (Å²) in [7, 11) is 0. The number of rotatable bonds is 5. The number of nitrogens with zero attached hydrogens (tertiary/aromatic N) is 2. The Morgan fingerprint density at radius 1 is 1.03 bits per heavy atom. The molecule has 1 atom stereocenters. The highest BCUT2D eigenvalue weighted by atomic mass is 16.2. The van der Waals surface area contributed by atoms with Crippen molar-refractivity contribution in [2.75, 3.05) is 31.1 Å². The van der Waals surface area contributed by atoms with Gasteiger partial charge in [0.1, 0.15) is 6.04 Å². The predicted octanol–water partition coefficient (Wildman–Crippen LogP) is 0.914. The fourth-order valence-corrected chi connectivity index (χ4v) is 4.40. The summed E-state index contributed by atoms with van der Waals surface area (Å²) in [6.07, 6.45) is 2.46. The topological polar surface area (TPSA) is 98.8 Å². The molecule has 154 valence electrons. The normalized spacial score (nSPS) is 22.9. The molecule has 0 radical (unpaired) electrons.